The Hall–Kier alpha value is -4.83. The van der Waals surface area contributed by atoms with E-state index in [1.807, 2.05) is 23.5 Å². The van der Waals surface area contributed by atoms with Crippen LogP contribution in [0.1, 0.15) is 75.0 Å². The minimum Gasteiger partial charge on any atom is -0.289 e. The SMILES string of the molecule is O=C(c1c(C2=CCC2)cc(-c2ccccc2)c2c1Cc1ccccc1S2)c1c(C2=CCC2)cc(-c2ccccc2)c2c1Cc1ccccc1S2. The maximum absolute atomic E-state index is 16.0. The van der Waals surface area contributed by atoms with Gasteiger partial charge < -0.3 is 0 Å². The Morgan fingerprint density at radius 1 is 0.480 bits per heavy atom. The highest BCUT2D eigenvalue weighted by Gasteiger charge is 2.35. The van der Waals surface area contributed by atoms with Crippen LogP contribution in [0.5, 0.6) is 0 Å². The first kappa shape index (κ1) is 30.0. The predicted molar refractivity (Wildman–Crippen MR) is 208 cm³/mol. The highest BCUT2D eigenvalue weighted by atomic mass is 32.2. The van der Waals surface area contributed by atoms with Crippen molar-refractivity contribution in [2.45, 2.75) is 58.1 Å². The van der Waals surface area contributed by atoms with Gasteiger partial charge in [-0.05, 0) is 117 Å². The number of carbonyl (C=O) groups excluding carboxylic acids is 1. The Balaban J connectivity index is 1.27. The van der Waals surface area contributed by atoms with Gasteiger partial charge in [-0.15, -0.1) is 0 Å². The van der Waals surface area contributed by atoms with E-state index in [0.717, 1.165) is 60.8 Å². The maximum Gasteiger partial charge on any atom is 0.194 e. The third-order valence-electron chi connectivity index (χ3n) is 10.8. The molecule has 0 saturated heterocycles. The van der Waals surface area contributed by atoms with E-state index in [9.17, 15) is 0 Å². The van der Waals surface area contributed by atoms with Crippen molar-refractivity contribution < 1.29 is 4.79 Å². The molecule has 0 aromatic heterocycles. The van der Waals surface area contributed by atoms with Crippen molar-refractivity contribution in [1.29, 1.82) is 0 Å². The second kappa shape index (κ2) is 12.2. The molecule has 0 N–H and O–H groups in total. The van der Waals surface area contributed by atoms with Gasteiger partial charge in [0.25, 0.3) is 0 Å². The van der Waals surface area contributed by atoms with Gasteiger partial charge in [0.1, 0.15) is 0 Å². The first-order valence-electron chi connectivity index (χ1n) is 17.7. The number of carbonyl (C=O) groups is 1. The Morgan fingerprint density at radius 2 is 0.880 bits per heavy atom. The van der Waals surface area contributed by atoms with E-state index < -0.39 is 0 Å². The molecular weight excluding hydrogens is 645 g/mol. The molecule has 4 aliphatic rings. The Labute approximate surface area is 302 Å². The van der Waals surface area contributed by atoms with Crippen molar-refractivity contribution in [2.75, 3.05) is 0 Å². The van der Waals surface area contributed by atoms with E-state index in [0.29, 0.717) is 0 Å². The first-order valence-corrected chi connectivity index (χ1v) is 19.3. The van der Waals surface area contributed by atoms with Crippen LogP contribution in [0.4, 0.5) is 0 Å². The summed E-state index contributed by atoms with van der Waals surface area (Å²) in [5.74, 6) is 0.183. The molecule has 0 spiro atoms. The van der Waals surface area contributed by atoms with Gasteiger partial charge in [-0.2, -0.15) is 0 Å². The van der Waals surface area contributed by atoms with Gasteiger partial charge in [0.2, 0.25) is 0 Å². The molecule has 0 radical (unpaired) electrons. The van der Waals surface area contributed by atoms with Crippen molar-refractivity contribution in [3.05, 3.63) is 178 Å². The van der Waals surface area contributed by atoms with Gasteiger partial charge in [0, 0.05) is 43.6 Å². The molecule has 0 fully saturated rings. The number of fused-ring (bicyclic) bond motifs is 4. The molecule has 1 nitrogen and oxygen atoms in total. The summed E-state index contributed by atoms with van der Waals surface area (Å²) in [6.07, 6.45) is 10.3. The van der Waals surface area contributed by atoms with Crippen LogP contribution < -0.4 is 0 Å². The summed E-state index contributed by atoms with van der Waals surface area (Å²) in [6, 6.07) is 43.7. The van der Waals surface area contributed by atoms with Crippen LogP contribution in [0.3, 0.4) is 0 Å². The average Bonchev–Trinajstić information content (AvgIpc) is 3.11. The summed E-state index contributed by atoms with van der Waals surface area (Å²) < 4.78 is 0. The molecule has 3 heteroatoms. The fraction of sp³-hybridized carbons (Fsp3) is 0.128. The fourth-order valence-corrected chi connectivity index (χ4v) is 10.4. The highest BCUT2D eigenvalue weighted by Crippen LogP contribution is 2.52. The van der Waals surface area contributed by atoms with E-state index in [4.69, 9.17) is 0 Å². The number of allylic oxidation sites excluding steroid dienone is 4. The molecular formula is C47H34OS2. The minimum absolute atomic E-state index is 0.183. The zero-order valence-electron chi connectivity index (χ0n) is 27.7. The van der Waals surface area contributed by atoms with Gasteiger partial charge in [-0.25, -0.2) is 0 Å². The van der Waals surface area contributed by atoms with Crippen molar-refractivity contribution >= 4 is 40.5 Å². The number of rotatable bonds is 6. The van der Waals surface area contributed by atoms with Gasteiger partial charge in [0.05, 0.1) is 0 Å². The van der Waals surface area contributed by atoms with Crippen LogP contribution in [0.15, 0.2) is 153 Å². The Kier molecular flexibility index (Phi) is 7.32. The molecule has 2 aliphatic heterocycles. The summed E-state index contributed by atoms with van der Waals surface area (Å²) in [4.78, 5) is 21.0. The predicted octanol–water partition coefficient (Wildman–Crippen LogP) is 12.7. The average molecular weight is 679 g/mol. The lowest BCUT2D eigenvalue weighted by atomic mass is 9.76. The Morgan fingerprint density at radius 3 is 1.28 bits per heavy atom. The first-order chi connectivity index (χ1) is 24.7. The zero-order valence-corrected chi connectivity index (χ0v) is 29.3. The van der Waals surface area contributed by atoms with Crippen molar-refractivity contribution in [1.82, 2.24) is 0 Å². The molecule has 0 bridgehead atoms. The van der Waals surface area contributed by atoms with E-state index in [2.05, 4.69) is 133 Å². The molecule has 50 heavy (non-hydrogen) atoms. The van der Waals surface area contributed by atoms with E-state index in [1.165, 1.54) is 75.2 Å². The molecule has 0 atom stereocenters. The van der Waals surface area contributed by atoms with Crippen molar-refractivity contribution in [3.63, 3.8) is 0 Å². The molecule has 0 unspecified atom stereocenters. The molecule has 6 aromatic rings. The minimum atomic E-state index is 0.183. The monoisotopic (exact) mass is 678 g/mol. The highest BCUT2D eigenvalue weighted by molar-refractivity contribution is 8.00. The van der Waals surface area contributed by atoms with Crippen LogP contribution in [0.2, 0.25) is 0 Å². The normalized spacial score (nSPS) is 15.3. The van der Waals surface area contributed by atoms with Crippen LogP contribution in [-0.4, -0.2) is 5.78 Å². The standard InChI is InChI=1S/C47H34OS2/c48-45(43-35(29-19-11-20-29)27-37(31-13-3-1-4-14-31)46-39(43)25-33-17-7-9-23-41(33)49-46)44-36(30-21-12-22-30)28-38(32-15-5-2-6-16-32)47-40(44)26-34-18-8-10-24-42(34)50-47/h1-10,13-19,21,23-24,27-28H,11-12,20,22,25-26H2. The van der Waals surface area contributed by atoms with Gasteiger partial charge >= 0.3 is 0 Å². The summed E-state index contributed by atoms with van der Waals surface area (Å²) in [7, 11) is 0. The summed E-state index contributed by atoms with van der Waals surface area (Å²) in [5, 5.41) is 0. The second-order valence-electron chi connectivity index (χ2n) is 13.7. The number of benzene rings is 6. The third kappa shape index (κ3) is 4.90. The quantitative estimate of drug-likeness (QED) is 0.163. The van der Waals surface area contributed by atoms with Crippen LogP contribution >= 0.6 is 23.5 Å². The van der Waals surface area contributed by atoms with Gasteiger partial charge in [-0.1, -0.05) is 133 Å². The topological polar surface area (TPSA) is 17.1 Å². The van der Waals surface area contributed by atoms with Crippen LogP contribution in [0.25, 0.3) is 33.4 Å². The summed E-state index contributed by atoms with van der Waals surface area (Å²) >= 11 is 3.67. The van der Waals surface area contributed by atoms with Crippen molar-refractivity contribution in [2.24, 2.45) is 0 Å². The molecule has 6 aromatic carbocycles. The van der Waals surface area contributed by atoms with Crippen LogP contribution in [-0.2, 0) is 12.8 Å². The Bertz CT molecular complexity index is 2260. The van der Waals surface area contributed by atoms with E-state index in [-0.39, 0.29) is 5.78 Å². The molecule has 2 heterocycles. The number of hydrogen-bond donors (Lipinski definition) is 0. The lowest BCUT2D eigenvalue weighted by Gasteiger charge is -2.31. The number of ketones is 1. The lowest BCUT2D eigenvalue weighted by Crippen LogP contribution is -2.20. The second-order valence-corrected chi connectivity index (χ2v) is 15.8. The van der Waals surface area contributed by atoms with Crippen molar-refractivity contribution in [3.8, 4) is 22.3 Å². The fourth-order valence-electron chi connectivity index (χ4n) is 7.99. The number of hydrogen-bond acceptors (Lipinski definition) is 3. The van der Waals surface area contributed by atoms with Crippen LogP contribution in [0, 0.1) is 0 Å². The summed E-state index contributed by atoms with van der Waals surface area (Å²) in [6.45, 7) is 0. The molecule has 0 amide bonds. The molecule has 10 rings (SSSR count). The van der Waals surface area contributed by atoms with Gasteiger partial charge in [0.15, 0.2) is 5.78 Å². The van der Waals surface area contributed by atoms with E-state index >= 15 is 4.79 Å². The van der Waals surface area contributed by atoms with E-state index in [1.54, 1.807) is 0 Å². The summed E-state index contributed by atoms with van der Waals surface area (Å²) in [5.41, 5.74) is 16.5. The smallest absolute Gasteiger partial charge is 0.194 e. The molecule has 240 valence electrons. The molecule has 2 aliphatic carbocycles. The lowest BCUT2D eigenvalue weighted by molar-refractivity contribution is 0.103. The maximum atomic E-state index is 16.0. The zero-order chi connectivity index (χ0) is 33.2. The largest absolute Gasteiger partial charge is 0.289 e. The third-order valence-corrected chi connectivity index (χ3v) is 13.4. The van der Waals surface area contributed by atoms with Gasteiger partial charge in [-0.3, -0.25) is 4.79 Å². The molecule has 0 saturated carbocycles.